The van der Waals surface area contributed by atoms with Gasteiger partial charge in [0.2, 0.25) is 0 Å². The topological polar surface area (TPSA) is 96.3 Å². The van der Waals surface area contributed by atoms with Crippen molar-refractivity contribution >= 4 is 0 Å². The Balaban J connectivity index is 0.000000295. The molecule has 0 radical (unpaired) electrons. The van der Waals surface area contributed by atoms with Crippen LogP contribution in [-0.4, -0.2) is 50.5 Å². The quantitative estimate of drug-likeness (QED) is 0.0985. The van der Waals surface area contributed by atoms with Gasteiger partial charge < -0.3 is 27.2 Å². The van der Waals surface area contributed by atoms with Crippen molar-refractivity contribution in [2.24, 2.45) is 57.8 Å². The highest BCUT2D eigenvalue weighted by Crippen LogP contribution is 2.67. The highest BCUT2D eigenvalue weighted by molar-refractivity contribution is 5.25. The van der Waals surface area contributed by atoms with Gasteiger partial charge in [0.25, 0.3) is 0 Å². The van der Waals surface area contributed by atoms with E-state index in [0.29, 0.717) is 10.8 Å². The van der Waals surface area contributed by atoms with Crippen molar-refractivity contribution in [3.05, 3.63) is 11.6 Å². The Hall–Kier alpha value is -0.460. The van der Waals surface area contributed by atoms with Crippen molar-refractivity contribution in [3.63, 3.8) is 0 Å². The van der Waals surface area contributed by atoms with Gasteiger partial charge in [0, 0.05) is 0 Å². The molecule has 0 heterocycles. The number of fused-ring (bicyclic) bond motifs is 5. The molecule has 5 heteroatoms. The largest absolute Gasteiger partial charge is 0.393 e. The summed E-state index contributed by atoms with van der Waals surface area (Å²) in [5, 5.41) is 16.9. The van der Waals surface area contributed by atoms with E-state index in [1.165, 1.54) is 70.6 Å². The summed E-state index contributed by atoms with van der Waals surface area (Å²) in [6, 6.07) is 0. The maximum atomic E-state index is 10.2. The van der Waals surface area contributed by atoms with Gasteiger partial charge in [-0.2, -0.15) is 0 Å². The molecule has 4 rings (SSSR count). The van der Waals surface area contributed by atoms with Crippen molar-refractivity contribution in [1.82, 2.24) is 10.6 Å². The van der Waals surface area contributed by atoms with Crippen molar-refractivity contribution in [2.75, 3.05) is 39.3 Å². The average Bonchev–Trinajstić information content (AvgIpc) is 3.32. The Morgan fingerprint density at radius 1 is 0.810 bits per heavy atom. The minimum Gasteiger partial charge on any atom is -0.393 e. The van der Waals surface area contributed by atoms with Gasteiger partial charge in [-0.15, -0.1) is 0 Å². The molecule has 0 unspecified atom stereocenters. The Kier molecular flexibility index (Phi) is 15.3. The molecule has 0 aromatic heterocycles. The van der Waals surface area contributed by atoms with E-state index >= 15 is 0 Å². The van der Waals surface area contributed by atoms with Crippen molar-refractivity contribution in [3.8, 4) is 0 Å². The van der Waals surface area contributed by atoms with Crippen LogP contribution in [0.1, 0.15) is 131 Å². The monoisotopic (exact) mass is 589 g/mol. The second-order valence-corrected chi connectivity index (χ2v) is 15.7. The number of unbranched alkanes of at least 4 members (excludes halogenated alkanes) is 1. The first kappa shape index (κ1) is 36.0. The molecule has 0 bridgehead atoms. The van der Waals surface area contributed by atoms with Gasteiger partial charge in [-0.3, -0.25) is 0 Å². The van der Waals surface area contributed by atoms with E-state index in [1.807, 2.05) is 0 Å². The summed E-state index contributed by atoms with van der Waals surface area (Å²) < 4.78 is 0. The molecule has 4 aliphatic rings. The lowest BCUT2D eigenvalue weighted by Gasteiger charge is -2.58. The number of aliphatic hydroxyl groups excluding tert-OH is 1. The fraction of sp³-hybridized carbons (Fsp3) is 0.946. The minimum atomic E-state index is -0.0766. The van der Waals surface area contributed by atoms with E-state index in [0.717, 1.165) is 100 Å². The van der Waals surface area contributed by atoms with Crippen LogP contribution in [0.15, 0.2) is 11.6 Å². The predicted octanol–water partition coefficient (Wildman–Crippen LogP) is 7.03. The van der Waals surface area contributed by atoms with Crippen molar-refractivity contribution in [1.29, 1.82) is 0 Å². The van der Waals surface area contributed by atoms with E-state index in [2.05, 4.69) is 51.3 Å². The third kappa shape index (κ3) is 9.52. The zero-order valence-electron chi connectivity index (χ0n) is 28.6. The Morgan fingerprint density at radius 3 is 2.07 bits per heavy atom. The lowest BCUT2D eigenvalue weighted by molar-refractivity contribution is -0.0573. The number of nitrogens with two attached hydrogens (primary N) is 2. The molecule has 0 amide bonds. The summed E-state index contributed by atoms with van der Waals surface area (Å²) >= 11 is 0. The van der Waals surface area contributed by atoms with E-state index in [-0.39, 0.29) is 6.10 Å². The summed E-state index contributed by atoms with van der Waals surface area (Å²) in [7, 11) is 0. The Bertz CT molecular complexity index is 774. The molecule has 42 heavy (non-hydrogen) atoms. The maximum Gasteiger partial charge on any atom is 0.0577 e. The van der Waals surface area contributed by atoms with Gasteiger partial charge in [0.1, 0.15) is 0 Å². The number of rotatable bonds is 16. The molecule has 5 nitrogen and oxygen atoms in total. The van der Waals surface area contributed by atoms with E-state index in [9.17, 15) is 5.11 Å². The van der Waals surface area contributed by atoms with E-state index < -0.39 is 0 Å². The molecule has 0 saturated heterocycles. The minimum absolute atomic E-state index is 0.0766. The van der Waals surface area contributed by atoms with Gasteiger partial charge in [-0.1, -0.05) is 65.5 Å². The lowest BCUT2D eigenvalue weighted by atomic mass is 9.47. The summed E-state index contributed by atoms with van der Waals surface area (Å²) in [6.07, 6.45) is 21.8. The molecule has 3 fully saturated rings. The average molecular weight is 589 g/mol. The molecular weight excluding hydrogens is 516 g/mol. The molecule has 7 N–H and O–H groups in total. The Labute approximate surface area is 261 Å². The Morgan fingerprint density at radius 2 is 1.45 bits per heavy atom. The van der Waals surface area contributed by atoms with Crippen LogP contribution in [0.25, 0.3) is 0 Å². The fourth-order valence-corrected chi connectivity index (χ4v) is 9.87. The highest BCUT2D eigenvalue weighted by Gasteiger charge is 2.59. The number of hydrogen-bond acceptors (Lipinski definition) is 5. The first-order valence-electron chi connectivity index (χ1n) is 18.4. The first-order valence-corrected chi connectivity index (χ1v) is 18.4. The van der Waals surface area contributed by atoms with Crippen LogP contribution in [0.5, 0.6) is 0 Å². The number of aliphatic hydroxyl groups is 1. The van der Waals surface area contributed by atoms with Crippen LogP contribution in [-0.2, 0) is 0 Å². The summed E-state index contributed by atoms with van der Waals surface area (Å²) in [5.41, 5.74) is 13.4. The third-order valence-corrected chi connectivity index (χ3v) is 12.4. The molecule has 3 saturated carbocycles. The van der Waals surface area contributed by atoms with Crippen molar-refractivity contribution in [2.45, 2.75) is 137 Å². The maximum absolute atomic E-state index is 10.2. The van der Waals surface area contributed by atoms with Crippen LogP contribution >= 0.6 is 0 Å². The number of allylic oxidation sites excluding steroid dienone is 1. The molecule has 4 aliphatic carbocycles. The normalized spacial score (nSPS) is 34.6. The standard InChI is InChI=1S/C27H46O.C10H26N4/c1-18(2)7-6-8-19(3)23-11-12-24-22-10-9-20-17-21(28)13-15-26(20,4)25(22)14-16-27(23,24)5;11-5-3-9-13-7-1-2-8-14-10-4-6-12/h9,18-19,21-25,28H,6-8,10-17H2,1-5H3;13-14H,1-12H2/t19-,21+,22+,23-,24+,25+,26+,27-;/m1./s1. The van der Waals surface area contributed by atoms with Crippen LogP contribution < -0.4 is 22.1 Å². The summed E-state index contributed by atoms with van der Waals surface area (Å²) in [4.78, 5) is 0. The van der Waals surface area contributed by atoms with Crippen molar-refractivity contribution < 1.29 is 5.11 Å². The second kappa shape index (κ2) is 17.9. The lowest BCUT2D eigenvalue weighted by Crippen LogP contribution is -2.50. The van der Waals surface area contributed by atoms with Gasteiger partial charge in [0.15, 0.2) is 0 Å². The van der Waals surface area contributed by atoms with Gasteiger partial charge in [-0.25, -0.2) is 0 Å². The molecule has 8 atom stereocenters. The van der Waals surface area contributed by atoms with Crippen LogP contribution in [0.2, 0.25) is 0 Å². The van der Waals surface area contributed by atoms with Gasteiger partial charge >= 0.3 is 0 Å². The van der Waals surface area contributed by atoms with Gasteiger partial charge in [-0.05, 0) is 163 Å². The molecule has 0 aromatic carbocycles. The SMILES string of the molecule is CC(C)CCC[C@@H](C)[C@H]1CC[C@H]2[C@@H]3CC=C4C[C@@H](O)CC[C@]4(C)[C@H]3CC[C@]12C.NCCCNCCCCNCCCN. The fourth-order valence-electron chi connectivity index (χ4n) is 9.87. The predicted molar refractivity (Wildman–Crippen MR) is 181 cm³/mol. The highest BCUT2D eigenvalue weighted by atomic mass is 16.3. The summed E-state index contributed by atoms with van der Waals surface area (Å²) in [6.45, 7) is 18.5. The van der Waals surface area contributed by atoms with E-state index in [1.54, 1.807) is 5.57 Å². The third-order valence-electron chi connectivity index (χ3n) is 12.4. The van der Waals surface area contributed by atoms with Crippen LogP contribution in [0, 0.1) is 46.3 Å². The first-order chi connectivity index (χ1) is 20.2. The summed E-state index contributed by atoms with van der Waals surface area (Å²) in [5.74, 6) is 5.46. The molecule has 0 aliphatic heterocycles. The number of hydrogen-bond donors (Lipinski definition) is 5. The second-order valence-electron chi connectivity index (χ2n) is 15.7. The molecular formula is C37H72N4O. The molecule has 246 valence electrons. The van der Waals surface area contributed by atoms with Gasteiger partial charge in [0.05, 0.1) is 6.10 Å². The van der Waals surface area contributed by atoms with E-state index in [4.69, 9.17) is 11.5 Å². The zero-order chi connectivity index (χ0) is 30.6. The molecule has 0 aromatic rings. The number of nitrogens with one attached hydrogen (secondary N) is 2. The zero-order valence-corrected chi connectivity index (χ0v) is 28.6. The van der Waals surface area contributed by atoms with Crippen LogP contribution in [0.4, 0.5) is 0 Å². The molecule has 0 spiro atoms. The smallest absolute Gasteiger partial charge is 0.0577 e. The van der Waals surface area contributed by atoms with Crippen LogP contribution in [0.3, 0.4) is 0 Å².